The third-order valence-corrected chi connectivity index (χ3v) is 8.93. The number of rotatable bonds is 8. The van der Waals surface area contributed by atoms with E-state index in [0.717, 1.165) is 71.7 Å². The van der Waals surface area contributed by atoms with Gasteiger partial charge in [-0.3, -0.25) is 0 Å². The summed E-state index contributed by atoms with van der Waals surface area (Å²) in [5, 5.41) is 16.1. The molecule has 1 N–H and O–H groups in total. The van der Waals surface area contributed by atoms with Gasteiger partial charge in [0, 0.05) is 31.2 Å². The number of ether oxygens (including phenoxy) is 2. The molecule has 2 heterocycles. The van der Waals surface area contributed by atoms with E-state index in [1.54, 1.807) is 11.0 Å². The minimum absolute atomic E-state index is 0.254. The molecule has 47 heavy (non-hydrogen) atoms. The van der Waals surface area contributed by atoms with Gasteiger partial charge in [0.1, 0.15) is 5.60 Å². The van der Waals surface area contributed by atoms with E-state index in [4.69, 9.17) is 19.0 Å². The number of fused-ring (bicyclic) bond motifs is 1. The summed E-state index contributed by atoms with van der Waals surface area (Å²) in [6.45, 7) is 9.29. The van der Waals surface area contributed by atoms with Gasteiger partial charge in [-0.05, 0) is 104 Å². The van der Waals surface area contributed by atoms with E-state index in [1.807, 2.05) is 69.3 Å². The van der Waals surface area contributed by atoms with Gasteiger partial charge in [0.05, 0.1) is 11.7 Å². The van der Waals surface area contributed by atoms with Crippen molar-refractivity contribution in [1.29, 1.82) is 0 Å². The number of carboxylic acids is 1. The molecule has 3 aromatic carbocycles. The smallest absolute Gasteiger partial charge is 0.410 e. The lowest BCUT2D eigenvalue weighted by Crippen LogP contribution is -2.39. The standard InChI is InChI=1S/C38H43N3O6/c1-5-22-45-30-14-10-27(11-15-30)35-39-34(40-47-35)26-8-6-24(7-9-26)28-12-16-31-29(23-28)13-17-32(36(42)43)33(31)25-18-20-41(21-19-25)37(44)46-38(2,3)4/h6-9,12-13,16-18,23,27,30H,5,10-11,14-15,19-22H2,1-4H3,(H,42,43). The molecule has 0 spiro atoms. The molecule has 1 aliphatic carbocycles. The average molecular weight is 638 g/mol. The van der Waals surface area contributed by atoms with E-state index in [9.17, 15) is 14.7 Å². The maximum atomic E-state index is 12.6. The van der Waals surface area contributed by atoms with Gasteiger partial charge in [-0.25, -0.2) is 9.59 Å². The van der Waals surface area contributed by atoms with Crippen molar-refractivity contribution in [3.63, 3.8) is 0 Å². The van der Waals surface area contributed by atoms with Crippen LogP contribution < -0.4 is 0 Å². The van der Waals surface area contributed by atoms with Crippen molar-refractivity contribution >= 4 is 28.4 Å². The Kier molecular flexibility index (Phi) is 9.45. The SMILES string of the molecule is CCCOC1CCC(c2nc(-c3ccc(-c4ccc5c(C6=CCN(C(=O)OC(C)(C)C)CC6)c(C(=O)O)ccc5c4)cc3)no2)CC1. The number of hydrogen-bond donors (Lipinski definition) is 1. The molecule has 1 fully saturated rings. The minimum Gasteiger partial charge on any atom is -0.478 e. The fraction of sp³-hybridized carbons (Fsp3) is 0.421. The molecule has 246 valence electrons. The molecule has 1 aliphatic heterocycles. The Bertz CT molecular complexity index is 1780. The average Bonchev–Trinajstić information content (AvgIpc) is 3.57. The lowest BCUT2D eigenvalue weighted by atomic mass is 9.87. The number of carbonyl (C=O) groups is 2. The van der Waals surface area contributed by atoms with Crippen LogP contribution in [0.1, 0.15) is 93.9 Å². The molecule has 6 rings (SSSR count). The molecule has 2 aliphatic rings. The number of nitrogens with zero attached hydrogens (tertiary/aromatic N) is 3. The predicted octanol–water partition coefficient (Wildman–Crippen LogP) is 8.73. The van der Waals surface area contributed by atoms with Crippen molar-refractivity contribution in [3.05, 3.63) is 77.7 Å². The van der Waals surface area contributed by atoms with Crippen LogP contribution in [-0.4, -0.2) is 63.6 Å². The zero-order valence-corrected chi connectivity index (χ0v) is 27.6. The van der Waals surface area contributed by atoms with Crippen LogP contribution in [0.4, 0.5) is 4.79 Å². The first-order valence-electron chi connectivity index (χ1n) is 16.6. The molecule has 9 nitrogen and oxygen atoms in total. The number of amides is 1. The van der Waals surface area contributed by atoms with Crippen LogP contribution in [0.5, 0.6) is 0 Å². The monoisotopic (exact) mass is 637 g/mol. The van der Waals surface area contributed by atoms with Gasteiger partial charge in [-0.2, -0.15) is 4.98 Å². The highest BCUT2D eigenvalue weighted by atomic mass is 16.6. The third-order valence-electron chi connectivity index (χ3n) is 8.93. The largest absolute Gasteiger partial charge is 0.478 e. The Hall–Kier alpha value is -4.50. The lowest BCUT2D eigenvalue weighted by molar-refractivity contribution is 0.0230. The summed E-state index contributed by atoms with van der Waals surface area (Å²) in [5.74, 6) is 0.589. The topological polar surface area (TPSA) is 115 Å². The maximum Gasteiger partial charge on any atom is 0.410 e. The van der Waals surface area contributed by atoms with Crippen molar-refractivity contribution in [2.75, 3.05) is 19.7 Å². The second kappa shape index (κ2) is 13.7. The van der Waals surface area contributed by atoms with Crippen molar-refractivity contribution in [1.82, 2.24) is 15.0 Å². The molecule has 1 aromatic heterocycles. The summed E-state index contributed by atoms with van der Waals surface area (Å²) in [7, 11) is 0. The Balaban J connectivity index is 1.19. The normalized spacial score (nSPS) is 18.6. The van der Waals surface area contributed by atoms with Crippen molar-refractivity contribution in [2.45, 2.75) is 83.8 Å². The number of aromatic carboxylic acids is 1. The van der Waals surface area contributed by atoms with Gasteiger partial charge in [0.25, 0.3) is 0 Å². The number of hydrogen-bond acceptors (Lipinski definition) is 7. The van der Waals surface area contributed by atoms with Crippen molar-refractivity contribution in [2.24, 2.45) is 0 Å². The molecular formula is C38H43N3O6. The number of benzene rings is 3. The Morgan fingerprint density at radius 3 is 2.36 bits per heavy atom. The zero-order valence-electron chi connectivity index (χ0n) is 27.6. The predicted molar refractivity (Wildman–Crippen MR) is 181 cm³/mol. The summed E-state index contributed by atoms with van der Waals surface area (Å²) in [6.07, 6.45) is 7.52. The van der Waals surface area contributed by atoms with Crippen LogP contribution in [-0.2, 0) is 9.47 Å². The molecule has 1 amide bonds. The van der Waals surface area contributed by atoms with Crippen LogP contribution in [0.3, 0.4) is 0 Å². The van der Waals surface area contributed by atoms with Crippen LogP contribution in [0.25, 0.3) is 38.9 Å². The lowest BCUT2D eigenvalue weighted by Gasteiger charge is -2.30. The molecule has 9 heteroatoms. The summed E-state index contributed by atoms with van der Waals surface area (Å²) in [4.78, 5) is 31.3. The second-order valence-electron chi connectivity index (χ2n) is 13.5. The van der Waals surface area contributed by atoms with Gasteiger partial charge in [-0.15, -0.1) is 0 Å². The second-order valence-corrected chi connectivity index (χ2v) is 13.5. The van der Waals surface area contributed by atoms with Crippen LogP contribution in [0.2, 0.25) is 0 Å². The van der Waals surface area contributed by atoms with E-state index in [1.165, 1.54) is 0 Å². The molecule has 0 radical (unpaired) electrons. The molecule has 1 saturated carbocycles. The third kappa shape index (κ3) is 7.41. The quantitative estimate of drug-likeness (QED) is 0.204. The molecule has 0 atom stereocenters. The fourth-order valence-corrected chi connectivity index (χ4v) is 6.51. The highest BCUT2D eigenvalue weighted by Crippen LogP contribution is 2.37. The van der Waals surface area contributed by atoms with E-state index in [0.29, 0.717) is 42.9 Å². The van der Waals surface area contributed by atoms with E-state index < -0.39 is 11.6 Å². The van der Waals surface area contributed by atoms with E-state index in [2.05, 4.69) is 18.1 Å². The van der Waals surface area contributed by atoms with Gasteiger partial charge in [0.15, 0.2) is 0 Å². The first-order valence-corrected chi connectivity index (χ1v) is 16.6. The number of carbonyl (C=O) groups excluding carboxylic acids is 1. The van der Waals surface area contributed by atoms with Crippen molar-refractivity contribution < 1.29 is 28.7 Å². The van der Waals surface area contributed by atoms with Crippen LogP contribution in [0.15, 0.2) is 65.2 Å². The molecule has 0 unspecified atom stereocenters. The van der Waals surface area contributed by atoms with E-state index in [-0.39, 0.29) is 17.6 Å². The van der Waals surface area contributed by atoms with Gasteiger partial charge < -0.3 is 24.0 Å². The molecule has 4 aromatic rings. The first-order chi connectivity index (χ1) is 22.6. The summed E-state index contributed by atoms with van der Waals surface area (Å²) >= 11 is 0. The maximum absolute atomic E-state index is 12.6. The molecule has 0 bridgehead atoms. The first kappa shape index (κ1) is 32.4. The number of aromatic nitrogens is 2. The summed E-state index contributed by atoms with van der Waals surface area (Å²) < 4.78 is 17.1. The molecular weight excluding hydrogens is 594 g/mol. The highest BCUT2D eigenvalue weighted by Gasteiger charge is 2.28. The van der Waals surface area contributed by atoms with Gasteiger partial charge >= 0.3 is 12.1 Å². The van der Waals surface area contributed by atoms with E-state index >= 15 is 0 Å². The Morgan fingerprint density at radius 1 is 0.979 bits per heavy atom. The van der Waals surface area contributed by atoms with Crippen LogP contribution >= 0.6 is 0 Å². The highest BCUT2D eigenvalue weighted by molar-refractivity contribution is 6.05. The fourth-order valence-electron chi connectivity index (χ4n) is 6.51. The molecule has 0 saturated heterocycles. The Morgan fingerprint density at radius 2 is 1.70 bits per heavy atom. The summed E-state index contributed by atoms with van der Waals surface area (Å²) in [5.41, 5.74) is 4.23. The summed E-state index contributed by atoms with van der Waals surface area (Å²) in [6, 6.07) is 17.7. The van der Waals surface area contributed by atoms with Crippen LogP contribution in [0, 0.1) is 0 Å². The zero-order chi connectivity index (χ0) is 33.1. The minimum atomic E-state index is -0.977. The van der Waals surface area contributed by atoms with Gasteiger partial charge in [0.2, 0.25) is 11.7 Å². The Labute approximate surface area is 275 Å². The number of carboxylic acid groups (broad SMARTS) is 1. The van der Waals surface area contributed by atoms with Gasteiger partial charge in [-0.1, -0.05) is 60.6 Å². The van der Waals surface area contributed by atoms with Crippen molar-refractivity contribution in [3.8, 4) is 22.5 Å².